The van der Waals surface area contributed by atoms with Crippen LogP contribution in [0.2, 0.25) is 0 Å². The van der Waals surface area contributed by atoms with Gasteiger partial charge in [0.25, 0.3) is 0 Å². The zero-order valence-electron chi connectivity index (χ0n) is 8.40. The van der Waals surface area contributed by atoms with Crippen molar-refractivity contribution in [3.05, 3.63) is 0 Å². The number of carbonyl (C=O) groups is 1. The molecule has 1 N–H and O–H groups in total. The van der Waals surface area contributed by atoms with Crippen molar-refractivity contribution in [1.82, 2.24) is 5.32 Å². The van der Waals surface area contributed by atoms with Gasteiger partial charge in [-0.25, -0.2) is 0 Å². The number of carbonyl (C=O) groups excluding carboxylic acids is 1. The molecule has 76 valence electrons. The van der Waals surface area contributed by atoms with Crippen molar-refractivity contribution in [3.63, 3.8) is 0 Å². The van der Waals surface area contributed by atoms with Gasteiger partial charge in [-0.2, -0.15) is 0 Å². The van der Waals surface area contributed by atoms with Crippen molar-refractivity contribution in [2.24, 2.45) is 5.41 Å². The fraction of sp³-hybridized carbons (Fsp3) is 0.900. The Labute approximate surface area is 85.0 Å². The van der Waals surface area contributed by atoms with Crippen LogP contribution in [0.1, 0.15) is 39.5 Å². The molecule has 3 heteroatoms. The fourth-order valence-corrected chi connectivity index (χ4v) is 1.90. The van der Waals surface area contributed by atoms with Crippen molar-refractivity contribution in [1.29, 1.82) is 0 Å². The smallest absolute Gasteiger partial charge is 0.226 e. The van der Waals surface area contributed by atoms with Crippen LogP contribution in [0.3, 0.4) is 0 Å². The minimum absolute atomic E-state index is 0.0894. The van der Waals surface area contributed by atoms with Crippen LogP contribution in [0.5, 0.6) is 0 Å². The van der Waals surface area contributed by atoms with E-state index < -0.39 is 0 Å². The lowest BCUT2D eigenvalue weighted by atomic mass is 9.87. The van der Waals surface area contributed by atoms with Crippen LogP contribution >= 0.6 is 11.6 Å². The Kier molecular flexibility index (Phi) is 3.60. The molecule has 0 aliphatic heterocycles. The predicted octanol–water partition coefficient (Wildman–Crippen LogP) is 2.31. The van der Waals surface area contributed by atoms with E-state index in [0.29, 0.717) is 5.88 Å². The molecule has 1 amide bonds. The number of amides is 1. The van der Waals surface area contributed by atoms with Gasteiger partial charge in [-0.15, -0.1) is 11.6 Å². The van der Waals surface area contributed by atoms with E-state index in [1.807, 2.05) is 6.92 Å². The summed E-state index contributed by atoms with van der Waals surface area (Å²) in [6.07, 6.45) is 4.40. The van der Waals surface area contributed by atoms with Crippen molar-refractivity contribution >= 4 is 17.5 Å². The van der Waals surface area contributed by atoms with Gasteiger partial charge in [0, 0.05) is 17.3 Å². The zero-order valence-corrected chi connectivity index (χ0v) is 9.16. The minimum atomic E-state index is -0.125. The molecule has 0 bridgehead atoms. The van der Waals surface area contributed by atoms with E-state index in [1.165, 1.54) is 12.8 Å². The van der Waals surface area contributed by atoms with E-state index in [-0.39, 0.29) is 17.4 Å². The SMILES string of the molecule is CC(CCl)NC(=O)C1(C)CCCC1. The van der Waals surface area contributed by atoms with Crippen LogP contribution in [0.15, 0.2) is 0 Å². The number of nitrogens with one attached hydrogen (secondary N) is 1. The highest BCUT2D eigenvalue weighted by Gasteiger charge is 2.36. The first kappa shape index (κ1) is 10.8. The normalized spacial score (nSPS) is 22.7. The molecule has 0 radical (unpaired) electrons. The molecule has 1 atom stereocenters. The molecule has 0 heterocycles. The monoisotopic (exact) mass is 203 g/mol. The molecule has 2 nitrogen and oxygen atoms in total. The van der Waals surface area contributed by atoms with Crippen LogP contribution in [0.25, 0.3) is 0 Å². The summed E-state index contributed by atoms with van der Waals surface area (Å²) in [7, 11) is 0. The second-order valence-corrected chi connectivity index (χ2v) is 4.61. The van der Waals surface area contributed by atoms with Gasteiger partial charge in [-0.05, 0) is 19.8 Å². The maximum Gasteiger partial charge on any atom is 0.226 e. The Morgan fingerprint density at radius 2 is 2.08 bits per heavy atom. The minimum Gasteiger partial charge on any atom is -0.352 e. The van der Waals surface area contributed by atoms with Gasteiger partial charge < -0.3 is 5.32 Å². The first-order valence-corrected chi connectivity index (χ1v) is 5.49. The molecule has 1 rings (SSSR count). The first-order chi connectivity index (χ1) is 6.08. The molecule has 13 heavy (non-hydrogen) atoms. The molecule has 0 saturated heterocycles. The topological polar surface area (TPSA) is 29.1 Å². The lowest BCUT2D eigenvalue weighted by Crippen LogP contribution is -2.42. The third-order valence-corrected chi connectivity index (χ3v) is 3.33. The first-order valence-electron chi connectivity index (χ1n) is 4.95. The quantitative estimate of drug-likeness (QED) is 0.701. The number of alkyl halides is 1. The average Bonchev–Trinajstić information content (AvgIpc) is 2.53. The Morgan fingerprint density at radius 3 is 2.54 bits per heavy atom. The Bertz CT molecular complexity index is 187. The summed E-state index contributed by atoms with van der Waals surface area (Å²) in [4.78, 5) is 11.8. The van der Waals surface area contributed by atoms with Gasteiger partial charge in [0.15, 0.2) is 0 Å². The number of hydrogen-bond donors (Lipinski definition) is 1. The molecule has 0 spiro atoms. The fourth-order valence-electron chi connectivity index (χ4n) is 1.82. The highest BCUT2D eigenvalue weighted by Crippen LogP contribution is 2.37. The highest BCUT2D eigenvalue weighted by atomic mass is 35.5. The average molecular weight is 204 g/mol. The van der Waals surface area contributed by atoms with Crippen LogP contribution in [0, 0.1) is 5.41 Å². The van der Waals surface area contributed by atoms with E-state index in [4.69, 9.17) is 11.6 Å². The van der Waals surface area contributed by atoms with E-state index in [0.717, 1.165) is 12.8 Å². The molecule has 1 aliphatic carbocycles. The Hall–Kier alpha value is -0.240. The van der Waals surface area contributed by atoms with Crippen molar-refractivity contribution in [2.75, 3.05) is 5.88 Å². The molecule has 0 aromatic heterocycles. The largest absolute Gasteiger partial charge is 0.352 e. The predicted molar refractivity (Wildman–Crippen MR) is 54.9 cm³/mol. The number of halogens is 1. The summed E-state index contributed by atoms with van der Waals surface area (Å²) in [5.74, 6) is 0.667. The third kappa shape index (κ3) is 2.60. The van der Waals surface area contributed by atoms with Crippen molar-refractivity contribution in [3.8, 4) is 0 Å². The summed E-state index contributed by atoms with van der Waals surface area (Å²) in [5.41, 5.74) is -0.125. The molecule has 0 aromatic rings. The van der Waals surface area contributed by atoms with Crippen LogP contribution in [-0.2, 0) is 4.79 Å². The molecule has 1 fully saturated rings. The van der Waals surface area contributed by atoms with Gasteiger partial charge in [0.1, 0.15) is 0 Å². The van der Waals surface area contributed by atoms with Gasteiger partial charge >= 0.3 is 0 Å². The lowest BCUT2D eigenvalue weighted by molar-refractivity contribution is -0.130. The summed E-state index contributed by atoms with van der Waals surface area (Å²) in [5, 5.41) is 2.94. The van der Waals surface area contributed by atoms with Crippen molar-refractivity contribution in [2.45, 2.75) is 45.6 Å². The van der Waals surface area contributed by atoms with Gasteiger partial charge in [-0.1, -0.05) is 19.8 Å². The summed E-state index contributed by atoms with van der Waals surface area (Å²) in [6, 6.07) is 0.0894. The molecule has 1 saturated carbocycles. The third-order valence-electron chi connectivity index (χ3n) is 2.86. The van der Waals surface area contributed by atoms with Crippen LogP contribution in [-0.4, -0.2) is 17.8 Å². The standard InChI is InChI=1S/C10H18ClNO/c1-8(7-11)12-9(13)10(2)5-3-4-6-10/h8H,3-7H2,1-2H3,(H,12,13). The molecule has 0 aromatic carbocycles. The molecular formula is C10H18ClNO. The summed E-state index contributed by atoms with van der Waals surface area (Å²) >= 11 is 5.63. The summed E-state index contributed by atoms with van der Waals surface area (Å²) in [6.45, 7) is 3.99. The Morgan fingerprint density at radius 1 is 1.54 bits per heavy atom. The van der Waals surface area contributed by atoms with E-state index >= 15 is 0 Å². The molecule has 1 aliphatic rings. The number of hydrogen-bond acceptors (Lipinski definition) is 1. The zero-order chi connectivity index (χ0) is 9.90. The number of rotatable bonds is 3. The van der Waals surface area contributed by atoms with E-state index in [9.17, 15) is 4.79 Å². The second-order valence-electron chi connectivity index (χ2n) is 4.30. The summed E-state index contributed by atoms with van der Waals surface area (Å²) < 4.78 is 0. The second kappa shape index (κ2) is 4.32. The van der Waals surface area contributed by atoms with Crippen LogP contribution in [0.4, 0.5) is 0 Å². The van der Waals surface area contributed by atoms with Crippen LogP contribution < -0.4 is 5.32 Å². The van der Waals surface area contributed by atoms with Gasteiger partial charge in [-0.3, -0.25) is 4.79 Å². The Balaban J connectivity index is 2.46. The maximum atomic E-state index is 11.8. The maximum absolute atomic E-state index is 11.8. The highest BCUT2D eigenvalue weighted by molar-refractivity contribution is 6.18. The lowest BCUT2D eigenvalue weighted by Gasteiger charge is -2.24. The molecular weight excluding hydrogens is 186 g/mol. The van der Waals surface area contributed by atoms with Crippen molar-refractivity contribution < 1.29 is 4.79 Å². The van der Waals surface area contributed by atoms with E-state index in [2.05, 4.69) is 12.2 Å². The van der Waals surface area contributed by atoms with Gasteiger partial charge in [0.05, 0.1) is 0 Å². The van der Waals surface area contributed by atoms with E-state index in [1.54, 1.807) is 0 Å². The van der Waals surface area contributed by atoms with Gasteiger partial charge in [0.2, 0.25) is 5.91 Å². The molecule has 1 unspecified atom stereocenters.